The van der Waals surface area contributed by atoms with Crippen LogP contribution in [0.25, 0.3) is 0 Å². The summed E-state index contributed by atoms with van der Waals surface area (Å²) >= 11 is 5.85. The zero-order valence-corrected chi connectivity index (χ0v) is 11.5. The van der Waals surface area contributed by atoms with Gasteiger partial charge in [0.2, 0.25) is 11.2 Å². The Bertz CT molecular complexity index is 395. The fourth-order valence-corrected chi connectivity index (χ4v) is 2.19. The summed E-state index contributed by atoms with van der Waals surface area (Å²) in [7, 11) is 1.52. The van der Waals surface area contributed by atoms with Gasteiger partial charge in [0, 0.05) is 26.2 Å². The van der Waals surface area contributed by atoms with Crippen molar-refractivity contribution in [3.05, 3.63) is 5.28 Å². The molecule has 0 saturated carbocycles. The van der Waals surface area contributed by atoms with Crippen LogP contribution in [-0.4, -0.2) is 59.7 Å². The van der Waals surface area contributed by atoms with Crippen molar-refractivity contribution in [1.29, 1.82) is 0 Å². The van der Waals surface area contributed by atoms with Gasteiger partial charge in [0.1, 0.15) is 0 Å². The van der Waals surface area contributed by atoms with E-state index >= 15 is 0 Å². The number of hydrogen-bond donors (Lipinski definition) is 0. The summed E-state index contributed by atoms with van der Waals surface area (Å²) in [5.74, 6) is 0.600. The van der Waals surface area contributed by atoms with Gasteiger partial charge in [-0.3, -0.25) is 4.90 Å². The van der Waals surface area contributed by atoms with Crippen LogP contribution in [-0.2, 0) is 0 Å². The Morgan fingerprint density at radius 3 is 2.50 bits per heavy atom. The summed E-state index contributed by atoms with van der Waals surface area (Å²) in [5.41, 5.74) is 0. The first-order valence-corrected chi connectivity index (χ1v) is 6.53. The first-order chi connectivity index (χ1) is 8.72. The minimum Gasteiger partial charge on any atom is -0.467 e. The van der Waals surface area contributed by atoms with Crippen molar-refractivity contribution in [1.82, 2.24) is 19.9 Å². The summed E-state index contributed by atoms with van der Waals surface area (Å²) in [6, 6.07) is 0.265. The summed E-state index contributed by atoms with van der Waals surface area (Å²) in [4.78, 5) is 16.8. The molecule has 1 aromatic rings. The maximum absolute atomic E-state index is 5.85. The standard InChI is InChI=1S/C11H18ClN5O/c1-3-4-16-5-7-17(8-6-16)10-13-9(12)14-11(15-10)18-2/h3-8H2,1-2H3. The molecule has 0 amide bonds. The number of hydrogen-bond acceptors (Lipinski definition) is 6. The average molecular weight is 272 g/mol. The maximum Gasteiger partial charge on any atom is 0.322 e. The molecule has 1 saturated heterocycles. The van der Waals surface area contributed by atoms with E-state index in [2.05, 4.69) is 31.7 Å². The Morgan fingerprint density at radius 2 is 1.89 bits per heavy atom. The third-order valence-electron chi connectivity index (χ3n) is 2.95. The van der Waals surface area contributed by atoms with Crippen LogP contribution in [0.4, 0.5) is 5.95 Å². The molecule has 2 rings (SSSR count). The molecule has 0 unspecified atom stereocenters. The average Bonchev–Trinajstić information content (AvgIpc) is 2.39. The zero-order chi connectivity index (χ0) is 13.0. The smallest absolute Gasteiger partial charge is 0.322 e. The van der Waals surface area contributed by atoms with Gasteiger partial charge in [-0.05, 0) is 24.6 Å². The Kier molecular flexibility index (Phi) is 4.54. The lowest BCUT2D eigenvalue weighted by Gasteiger charge is -2.34. The van der Waals surface area contributed by atoms with E-state index in [1.54, 1.807) is 0 Å². The Morgan fingerprint density at radius 1 is 1.17 bits per heavy atom. The quantitative estimate of drug-likeness (QED) is 0.816. The lowest BCUT2D eigenvalue weighted by Crippen LogP contribution is -2.47. The van der Waals surface area contributed by atoms with Crippen molar-refractivity contribution in [2.45, 2.75) is 13.3 Å². The van der Waals surface area contributed by atoms with Crippen molar-refractivity contribution in [2.75, 3.05) is 44.7 Å². The van der Waals surface area contributed by atoms with Crippen LogP contribution < -0.4 is 9.64 Å². The molecule has 0 N–H and O–H groups in total. The highest BCUT2D eigenvalue weighted by Crippen LogP contribution is 2.16. The van der Waals surface area contributed by atoms with Gasteiger partial charge in [-0.2, -0.15) is 15.0 Å². The van der Waals surface area contributed by atoms with E-state index in [4.69, 9.17) is 16.3 Å². The molecule has 0 bridgehead atoms. The van der Waals surface area contributed by atoms with Gasteiger partial charge in [0.15, 0.2) is 0 Å². The minimum absolute atomic E-state index is 0.174. The predicted molar refractivity (Wildman–Crippen MR) is 70.3 cm³/mol. The number of piperazine rings is 1. The van der Waals surface area contributed by atoms with Crippen LogP contribution in [0.1, 0.15) is 13.3 Å². The second-order valence-electron chi connectivity index (χ2n) is 4.22. The molecule has 2 heterocycles. The molecular weight excluding hydrogens is 254 g/mol. The summed E-state index contributed by atoms with van der Waals surface area (Å²) < 4.78 is 5.00. The summed E-state index contributed by atoms with van der Waals surface area (Å²) in [6.45, 7) is 7.21. The molecule has 0 spiro atoms. The molecule has 6 nitrogen and oxygen atoms in total. The van der Waals surface area contributed by atoms with Gasteiger partial charge in [-0.1, -0.05) is 6.92 Å². The van der Waals surface area contributed by atoms with Crippen LogP contribution in [0.3, 0.4) is 0 Å². The molecule has 1 aliphatic rings. The molecule has 1 aliphatic heterocycles. The van der Waals surface area contributed by atoms with E-state index in [1.165, 1.54) is 13.5 Å². The molecule has 0 aromatic carbocycles. The normalized spacial score (nSPS) is 16.9. The van der Waals surface area contributed by atoms with Crippen LogP contribution >= 0.6 is 11.6 Å². The third-order valence-corrected chi connectivity index (χ3v) is 3.12. The monoisotopic (exact) mass is 271 g/mol. The van der Waals surface area contributed by atoms with Crippen molar-refractivity contribution < 1.29 is 4.74 Å². The van der Waals surface area contributed by atoms with Crippen molar-refractivity contribution >= 4 is 17.5 Å². The second-order valence-corrected chi connectivity index (χ2v) is 4.56. The summed E-state index contributed by atoms with van der Waals surface area (Å²) in [6.07, 6.45) is 1.19. The molecule has 0 radical (unpaired) electrons. The van der Waals surface area contributed by atoms with E-state index in [9.17, 15) is 0 Å². The first-order valence-electron chi connectivity index (χ1n) is 6.15. The van der Waals surface area contributed by atoms with E-state index < -0.39 is 0 Å². The van der Waals surface area contributed by atoms with Crippen molar-refractivity contribution in [3.8, 4) is 6.01 Å². The largest absolute Gasteiger partial charge is 0.467 e. The number of aromatic nitrogens is 3. The van der Waals surface area contributed by atoms with Crippen LogP contribution in [0.5, 0.6) is 6.01 Å². The topological polar surface area (TPSA) is 54.4 Å². The number of anilines is 1. The Labute approximate surface area is 112 Å². The van der Waals surface area contributed by atoms with E-state index in [0.29, 0.717) is 5.95 Å². The predicted octanol–water partition coefficient (Wildman–Crippen LogP) is 1.07. The van der Waals surface area contributed by atoms with Gasteiger partial charge in [-0.15, -0.1) is 0 Å². The molecule has 100 valence electrons. The lowest BCUT2D eigenvalue weighted by molar-refractivity contribution is 0.257. The molecular formula is C11H18ClN5O. The third kappa shape index (κ3) is 3.20. The van der Waals surface area contributed by atoms with Crippen molar-refractivity contribution in [3.63, 3.8) is 0 Å². The SMILES string of the molecule is CCCN1CCN(c2nc(Cl)nc(OC)n2)CC1. The van der Waals surface area contributed by atoms with Crippen LogP contribution in [0.15, 0.2) is 0 Å². The fraction of sp³-hybridized carbons (Fsp3) is 0.727. The van der Waals surface area contributed by atoms with E-state index in [1.807, 2.05) is 0 Å². The number of ether oxygens (including phenoxy) is 1. The van der Waals surface area contributed by atoms with Crippen LogP contribution in [0, 0.1) is 0 Å². The minimum atomic E-state index is 0.174. The molecule has 1 aromatic heterocycles. The fourth-order valence-electron chi connectivity index (χ4n) is 2.04. The van der Waals surface area contributed by atoms with Gasteiger partial charge >= 0.3 is 6.01 Å². The molecule has 1 fully saturated rings. The number of methoxy groups -OCH3 is 1. The lowest BCUT2D eigenvalue weighted by atomic mass is 10.3. The van der Waals surface area contributed by atoms with E-state index in [0.717, 1.165) is 32.7 Å². The highest BCUT2D eigenvalue weighted by molar-refractivity contribution is 6.28. The van der Waals surface area contributed by atoms with Crippen molar-refractivity contribution in [2.24, 2.45) is 0 Å². The van der Waals surface area contributed by atoms with E-state index in [-0.39, 0.29) is 11.3 Å². The van der Waals surface area contributed by atoms with Gasteiger partial charge in [-0.25, -0.2) is 0 Å². The van der Waals surface area contributed by atoms with Gasteiger partial charge < -0.3 is 9.64 Å². The van der Waals surface area contributed by atoms with Gasteiger partial charge in [0.05, 0.1) is 7.11 Å². The Hall–Kier alpha value is -1.14. The highest BCUT2D eigenvalue weighted by atomic mass is 35.5. The van der Waals surface area contributed by atoms with Gasteiger partial charge in [0.25, 0.3) is 0 Å². The number of nitrogens with zero attached hydrogens (tertiary/aromatic N) is 5. The maximum atomic E-state index is 5.85. The molecule has 18 heavy (non-hydrogen) atoms. The first kappa shape index (κ1) is 13.3. The second kappa shape index (κ2) is 6.15. The zero-order valence-electron chi connectivity index (χ0n) is 10.8. The molecule has 0 atom stereocenters. The highest BCUT2D eigenvalue weighted by Gasteiger charge is 2.19. The molecule has 7 heteroatoms. The van der Waals surface area contributed by atoms with Crippen LogP contribution in [0.2, 0.25) is 5.28 Å². The number of rotatable bonds is 4. The Balaban J connectivity index is 2.02. The summed E-state index contributed by atoms with van der Waals surface area (Å²) in [5, 5.41) is 0.174. The number of halogens is 1. The molecule has 0 aliphatic carbocycles.